The number of hydrogen-bond donors (Lipinski definition) is 9. The van der Waals surface area contributed by atoms with Crippen molar-refractivity contribution in [2.24, 2.45) is 0 Å². The minimum absolute atomic E-state index is 0.0856. The number of phosphoric ester groups is 1. The van der Waals surface area contributed by atoms with Crippen LogP contribution in [-0.4, -0.2) is 81.4 Å². The van der Waals surface area contributed by atoms with Crippen LogP contribution in [-0.2, 0) is 41.4 Å². The van der Waals surface area contributed by atoms with Gasteiger partial charge in [-0.25, -0.2) is 24.1 Å². The molecule has 22 heteroatoms. The molecule has 5 atom stereocenters. The number of aromatic nitrogens is 4. The summed E-state index contributed by atoms with van der Waals surface area (Å²) in [6, 6.07) is 0. The number of ether oxygens (including phenoxy) is 1. The second-order valence-electron chi connectivity index (χ2n) is 5.98. The Bertz CT molecular complexity index is 1080. The first kappa shape index (κ1) is 27.0. The number of nitrogen functional groups attached to an aromatic ring is 1. The van der Waals surface area contributed by atoms with Crippen LogP contribution in [0.15, 0.2) is 12.7 Å². The zero-order valence-electron chi connectivity index (χ0n) is 15.4. The molecule has 1 saturated heterocycles. The van der Waals surface area contributed by atoms with Crippen LogP contribution in [0.1, 0.15) is 6.23 Å². The molecule has 0 aromatic carbocycles. The SMILES string of the molecule is Nc1ncnc2c1ncn2[C@@H]1O[C@H](COP(=O)(O)OP(=O)(O)O)[C@@H](O)[C@H]1O.[O]=[V]([OH])([OH])[OH]. The Hall–Kier alpha value is -1.25. The summed E-state index contributed by atoms with van der Waals surface area (Å²) >= 11 is -5.12. The average Bonchev–Trinajstić information content (AvgIpc) is 3.13. The first-order valence-corrected chi connectivity index (χ1v) is 13.4. The molecular formula is C10H18N5O14P2V. The van der Waals surface area contributed by atoms with Crippen LogP contribution >= 0.6 is 15.6 Å². The Morgan fingerprint density at radius 3 is 2.28 bits per heavy atom. The van der Waals surface area contributed by atoms with Gasteiger partial charge in [-0.2, -0.15) is 4.31 Å². The topological polar surface area (TPSA) is 310 Å². The molecule has 0 spiro atoms. The van der Waals surface area contributed by atoms with Crippen molar-refractivity contribution in [2.75, 3.05) is 12.3 Å². The van der Waals surface area contributed by atoms with Gasteiger partial charge in [0.1, 0.15) is 30.2 Å². The zero-order chi connectivity index (χ0) is 24.5. The Kier molecular flexibility index (Phi) is 8.39. The minimum atomic E-state index is -5.29. The van der Waals surface area contributed by atoms with E-state index < -0.39 is 61.8 Å². The molecular weight excluding hydrogens is 527 g/mol. The molecule has 2 aromatic heterocycles. The predicted octanol–water partition coefficient (Wildman–Crippen LogP) is -3.54. The fourth-order valence-corrected chi connectivity index (χ4v) is 4.08. The molecule has 1 unspecified atom stereocenters. The fourth-order valence-electron chi connectivity index (χ4n) is 2.48. The molecule has 0 aliphatic carbocycles. The van der Waals surface area contributed by atoms with Gasteiger partial charge < -0.3 is 35.4 Å². The van der Waals surface area contributed by atoms with E-state index >= 15 is 0 Å². The molecule has 3 heterocycles. The van der Waals surface area contributed by atoms with Crippen LogP contribution in [0.3, 0.4) is 0 Å². The Morgan fingerprint density at radius 2 is 1.72 bits per heavy atom. The second kappa shape index (κ2) is 9.94. The van der Waals surface area contributed by atoms with E-state index in [9.17, 15) is 24.2 Å². The molecule has 10 N–H and O–H groups in total. The maximum absolute atomic E-state index is 11.5. The van der Waals surface area contributed by atoms with E-state index in [1.54, 1.807) is 0 Å². The number of hydrogen-bond acceptors (Lipinski definition) is 12. The third-order valence-electron chi connectivity index (χ3n) is 3.61. The van der Waals surface area contributed by atoms with Crippen LogP contribution in [0.2, 0.25) is 0 Å². The van der Waals surface area contributed by atoms with Crippen molar-refractivity contribution in [2.45, 2.75) is 24.5 Å². The Balaban J connectivity index is 0.000000654. The van der Waals surface area contributed by atoms with E-state index in [1.807, 2.05) is 0 Å². The number of anilines is 1. The Morgan fingerprint density at radius 1 is 1.12 bits per heavy atom. The molecule has 182 valence electrons. The van der Waals surface area contributed by atoms with E-state index in [2.05, 4.69) is 23.8 Å². The first-order valence-electron chi connectivity index (χ1n) is 7.95. The molecule has 19 nitrogen and oxygen atoms in total. The molecule has 2 aromatic rings. The van der Waals surface area contributed by atoms with Gasteiger partial charge in [0, 0.05) is 0 Å². The van der Waals surface area contributed by atoms with Crippen LogP contribution in [0.25, 0.3) is 11.2 Å². The van der Waals surface area contributed by atoms with Crippen molar-refractivity contribution in [1.82, 2.24) is 19.5 Å². The van der Waals surface area contributed by atoms with Gasteiger partial charge in [-0.15, -0.1) is 0 Å². The monoisotopic (exact) mass is 545 g/mol. The summed E-state index contributed by atoms with van der Waals surface area (Å²) in [5, 5.41) is 20.3. The van der Waals surface area contributed by atoms with Crippen LogP contribution in [0.5, 0.6) is 0 Å². The van der Waals surface area contributed by atoms with Gasteiger partial charge in [-0.05, 0) is 0 Å². The molecule has 1 aliphatic heterocycles. The Labute approximate surface area is 180 Å². The normalized spacial score (nSPS) is 25.9. The van der Waals surface area contributed by atoms with Crippen LogP contribution < -0.4 is 5.73 Å². The summed E-state index contributed by atoms with van der Waals surface area (Å²) in [6.45, 7) is -0.813. The van der Waals surface area contributed by atoms with Crippen molar-refractivity contribution in [1.29, 1.82) is 0 Å². The molecule has 0 amide bonds. The maximum atomic E-state index is 11.5. The summed E-state index contributed by atoms with van der Waals surface area (Å²) in [5.74, 6) is 0.0856. The number of aliphatic hydroxyl groups excluding tert-OH is 2. The van der Waals surface area contributed by atoms with Crippen molar-refractivity contribution >= 4 is 32.6 Å². The number of rotatable bonds is 6. The molecule has 0 saturated carbocycles. The average molecular weight is 545 g/mol. The van der Waals surface area contributed by atoms with Gasteiger partial charge in [0.2, 0.25) is 0 Å². The molecule has 0 radical (unpaired) electrons. The van der Waals surface area contributed by atoms with Gasteiger partial charge >= 0.3 is 46.4 Å². The van der Waals surface area contributed by atoms with E-state index in [0.717, 1.165) is 6.33 Å². The van der Waals surface area contributed by atoms with Crippen molar-refractivity contribution < 1.29 is 78.4 Å². The first-order chi connectivity index (χ1) is 14.5. The van der Waals surface area contributed by atoms with E-state index in [-0.39, 0.29) is 17.0 Å². The standard InChI is InChI=1S/C10H15N5O10P2.3H2O.O.V/c11-8-5-9(13-2-12-8)15(3-14-5)10-7(17)6(16)4(24-10)1-23-27(21,22)25-26(18,19)20;;;;;/h2-4,6-7,10,16-17H,1H2,(H,21,22)(H2,11,12,13)(H2,18,19,20);3*1H2;;/q;;;;;+3/p-3/t4-,6-,7-,10-;;;;;/m1...../s1. The number of imidazole rings is 1. The summed E-state index contributed by atoms with van der Waals surface area (Å²) in [6.07, 6.45) is -3.20. The molecule has 1 fully saturated rings. The molecule has 1 aliphatic rings. The number of nitrogens with zero attached hydrogens (tertiary/aromatic N) is 4. The van der Waals surface area contributed by atoms with Gasteiger partial charge in [0.25, 0.3) is 0 Å². The van der Waals surface area contributed by atoms with Crippen LogP contribution in [0.4, 0.5) is 5.82 Å². The van der Waals surface area contributed by atoms with Crippen LogP contribution in [0, 0.1) is 0 Å². The number of aliphatic hydroxyl groups is 2. The third-order valence-corrected chi connectivity index (χ3v) is 5.76. The molecule has 3 rings (SSSR count). The summed E-state index contributed by atoms with van der Waals surface area (Å²) < 4.78 is 67.5. The van der Waals surface area contributed by atoms with Gasteiger partial charge in [-0.1, -0.05) is 0 Å². The summed E-state index contributed by atoms with van der Waals surface area (Å²) in [7, 11) is -10.4. The number of phosphoric acid groups is 2. The number of fused-ring (bicyclic) bond motifs is 1. The van der Waals surface area contributed by atoms with E-state index in [1.165, 1.54) is 10.9 Å². The summed E-state index contributed by atoms with van der Waals surface area (Å²) in [5.41, 5.74) is 6.11. The summed E-state index contributed by atoms with van der Waals surface area (Å²) in [4.78, 5) is 38.1. The fraction of sp³-hybridized carbons (Fsp3) is 0.500. The zero-order valence-corrected chi connectivity index (χ0v) is 18.6. The number of nitrogens with two attached hydrogens (primary N) is 1. The third kappa shape index (κ3) is 7.67. The van der Waals surface area contributed by atoms with Gasteiger partial charge in [0.05, 0.1) is 12.9 Å². The quantitative estimate of drug-likeness (QED) is 0.159. The van der Waals surface area contributed by atoms with Gasteiger partial charge in [0.15, 0.2) is 17.7 Å². The molecule has 0 bridgehead atoms. The van der Waals surface area contributed by atoms with Crippen molar-refractivity contribution in [3.05, 3.63) is 12.7 Å². The predicted molar refractivity (Wildman–Crippen MR) is 91.9 cm³/mol. The van der Waals surface area contributed by atoms with E-state index in [4.69, 9.17) is 36.0 Å². The van der Waals surface area contributed by atoms with Gasteiger partial charge in [-0.3, -0.25) is 9.09 Å². The van der Waals surface area contributed by atoms with Crippen molar-refractivity contribution in [3.63, 3.8) is 0 Å². The van der Waals surface area contributed by atoms with E-state index in [0.29, 0.717) is 0 Å². The van der Waals surface area contributed by atoms with Crippen molar-refractivity contribution in [3.8, 4) is 0 Å². The molecule has 32 heavy (non-hydrogen) atoms. The second-order valence-corrected chi connectivity index (χ2v) is 10.4.